The van der Waals surface area contributed by atoms with E-state index in [0.29, 0.717) is 12.6 Å². The van der Waals surface area contributed by atoms with E-state index in [1.807, 2.05) is 6.07 Å². The molecule has 2 heterocycles. The summed E-state index contributed by atoms with van der Waals surface area (Å²) in [5.41, 5.74) is 0. The molecule has 0 saturated carbocycles. The van der Waals surface area contributed by atoms with E-state index in [9.17, 15) is 9.90 Å². The third kappa shape index (κ3) is 4.04. The predicted octanol–water partition coefficient (Wildman–Crippen LogP) is 1.47. The summed E-state index contributed by atoms with van der Waals surface area (Å²) >= 11 is 0. The Morgan fingerprint density at radius 3 is 3.05 bits per heavy atom. The number of anilines is 1. The van der Waals surface area contributed by atoms with Crippen molar-refractivity contribution in [2.45, 2.75) is 58.2 Å². The maximum atomic E-state index is 12.3. The number of hydrogen-bond donors (Lipinski definition) is 2. The number of aliphatic hydroxyl groups excluding tert-OH is 1. The minimum absolute atomic E-state index is 0.0416. The maximum absolute atomic E-state index is 12.3. The number of aryl methyl sites for hydroxylation is 1. The molecule has 1 saturated heterocycles. The zero-order valence-corrected chi connectivity index (χ0v) is 13.0. The first kappa shape index (κ1) is 16.0. The van der Waals surface area contributed by atoms with Gasteiger partial charge in [0, 0.05) is 24.7 Å². The molecule has 6 nitrogen and oxygen atoms in total. The molecule has 2 rings (SSSR count). The third-order valence-electron chi connectivity index (χ3n) is 4.15. The number of carbonyl (C=O) groups is 1. The summed E-state index contributed by atoms with van der Waals surface area (Å²) in [4.78, 5) is 14.4. The average molecular weight is 294 g/mol. The van der Waals surface area contributed by atoms with Crippen molar-refractivity contribution in [1.29, 1.82) is 0 Å². The molecule has 0 radical (unpaired) electrons. The van der Waals surface area contributed by atoms with Gasteiger partial charge in [0.25, 0.3) is 0 Å². The Kier molecular flexibility index (Phi) is 5.76. The van der Waals surface area contributed by atoms with Crippen LogP contribution in [0.2, 0.25) is 0 Å². The fraction of sp³-hybridized carbons (Fsp3) is 0.733. The van der Waals surface area contributed by atoms with Gasteiger partial charge in [0.2, 0.25) is 5.91 Å². The Bertz CT molecular complexity index is 460. The maximum Gasteiger partial charge on any atom is 0.239 e. The van der Waals surface area contributed by atoms with Crippen molar-refractivity contribution in [1.82, 2.24) is 14.7 Å². The van der Waals surface area contributed by atoms with Crippen molar-refractivity contribution < 1.29 is 9.90 Å². The van der Waals surface area contributed by atoms with E-state index in [1.54, 1.807) is 10.9 Å². The van der Waals surface area contributed by atoms with Crippen molar-refractivity contribution in [2.75, 3.05) is 18.5 Å². The predicted molar refractivity (Wildman–Crippen MR) is 82.0 cm³/mol. The Balaban J connectivity index is 1.95. The first-order chi connectivity index (χ1) is 10.2. The summed E-state index contributed by atoms with van der Waals surface area (Å²) in [7, 11) is 0. The van der Waals surface area contributed by atoms with Crippen LogP contribution >= 0.6 is 0 Å². The van der Waals surface area contributed by atoms with Crippen molar-refractivity contribution in [3.8, 4) is 0 Å². The second kappa shape index (κ2) is 7.56. The van der Waals surface area contributed by atoms with E-state index < -0.39 is 0 Å². The quantitative estimate of drug-likeness (QED) is 0.833. The van der Waals surface area contributed by atoms with Gasteiger partial charge in [-0.15, -0.1) is 0 Å². The molecule has 1 aromatic rings. The van der Waals surface area contributed by atoms with Crippen LogP contribution in [0.15, 0.2) is 12.3 Å². The number of aliphatic hydroxyl groups is 1. The lowest BCUT2D eigenvalue weighted by atomic mass is 9.97. The number of rotatable bonds is 6. The first-order valence-corrected chi connectivity index (χ1v) is 7.84. The standard InChI is InChI=1S/C15H26N4O2/c1-3-9-19-14(7-8-16-19)17-15(21)10-18-12(2)5-4-6-13(18)11-20/h7-8,12-13,20H,3-6,9-11H2,1-2H3,(H,17,21). The van der Waals surface area contributed by atoms with Crippen LogP contribution in [0, 0.1) is 0 Å². The molecule has 0 bridgehead atoms. The van der Waals surface area contributed by atoms with E-state index >= 15 is 0 Å². The fourth-order valence-electron chi connectivity index (χ4n) is 3.00. The molecule has 118 valence electrons. The summed E-state index contributed by atoms with van der Waals surface area (Å²) in [5, 5.41) is 16.6. The SMILES string of the molecule is CCCn1nccc1NC(=O)CN1C(C)CCCC1CO. The molecule has 1 aliphatic heterocycles. The highest BCUT2D eigenvalue weighted by atomic mass is 16.3. The smallest absolute Gasteiger partial charge is 0.239 e. The molecule has 1 amide bonds. The summed E-state index contributed by atoms with van der Waals surface area (Å²) in [6.07, 6.45) is 5.83. The number of hydrogen-bond acceptors (Lipinski definition) is 4. The number of nitrogens with zero attached hydrogens (tertiary/aromatic N) is 3. The minimum Gasteiger partial charge on any atom is -0.395 e. The van der Waals surface area contributed by atoms with Gasteiger partial charge in [0.1, 0.15) is 5.82 Å². The van der Waals surface area contributed by atoms with Gasteiger partial charge in [0.05, 0.1) is 19.3 Å². The van der Waals surface area contributed by atoms with Crippen LogP contribution in [0.4, 0.5) is 5.82 Å². The van der Waals surface area contributed by atoms with Gasteiger partial charge in [-0.2, -0.15) is 5.10 Å². The van der Waals surface area contributed by atoms with E-state index in [-0.39, 0.29) is 18.6 Å². The lowest BCUT2D eigenvalue weighted by molar-refractivity contribution is -0.119. The zero-order chi connectivity index (χ0) is 15.2. The largest absolute Gasteiger partial charge is 0.395 e. The molecule has 2 atom stereocenters. The molecule has 6 heteroatoms. The number of amides is 1. The van der Waals surface area contributed by atoms with Gasteiger partial charge < -0.3 is 10.4 Å². The Hall–Kier alpha value is -1.40. The monoisotopic (exact) mass is 294 g/mol. The van der Waals surface area contributed by atoms with Crippen LogP contribution in [-0.2, 0) is 11.3 Å². The second-order valence-corrected chi connectivity index (χ2v) is 5.78. The van der Waals surface area contributed by atoms with Crippen LogP contribution in [0.25, 0.3) is 0 Å². The third-order valence-corrected chi connectivity index (χ3v) is 4.15. The highest BCUT2D eigenvalue weighted by molar-refractivity contribution is 5.91. The molecule has 2 N–H and O–H groups in total. The Labute approximate surface area is 126 Å². The number of aromatic nitrogens is 2. The summed E-state index contributed by atoms with van der Waals surface area (Å²) in [6, 6.07) is 2.25. The minimum atomic E-state index is -0.0416. The summed E-state index contributed by atoms with van der Waals surface area (Å²) in [6.45, 7) is 5.43. The number of carbonyl (C=O) groups excluding carboxylic acids is 1. The number of nitrogens with one attached hydrogen (secondary N) is 1. The van der Waals surface area contributed by atoms with E-state index in [0.717, 1.165) is 38.0 Å². The van der Waals surface area contributed by atoms with Gasteiger partial charge in [-0.05, 0) is 26.2 Å². The molecule has 1 aromatic heterocycles. The zero-order valence-electron chi connectivity index (χ0n) is 13.0. The molecule has 21 heavy (non-hydrogen) atoms. The van der Waals surface area contributed by atoms with Crippen molar-refractivity contribution in [3.63, 3.8) is 0 Å². The van der Waals surface area contributed by atoms with Crippen molar-refractivity contribution in [3.05, 3.63) is 12.3 Å². The fourth-order valence-corrected chi connectivity index (χ4v) is 3.00. The van der Waals surface area contributed by atoms with Gasteiger partial charge in [-0.25, -0.2) is 4.68 Å². The van der Waals surface area contributed by atoms with Gasteiger partial charge in [-0.3, -0.25) is 9.69 Å². The van der Waals surface area contributed by atoms with Crippen LogP contribution in [0.1, 0.15) is 39.5 Å². The number of piperidine rings is 1. The van der Waals surface area contributed by atoms with Gasteiger partial charge in [0.15, 0.2) is 0 Å². The van der Waals surface area contributed by atoms with E-state index in [1.165, 1.54) is 0 Å². The highest BCUT2D eigenvalue weighted by Crippen LogP contribution is 2.22. The van der Waals surface area contributed by atoms with E-state index in [4.69, 9.17) is 0 Å². The normalized spacial score (nSPS) is 23.2. The second-order valence-electron chi connectivity index (χ2n) is 5.78. The van der Waals surface area contributed by atoms with Crippen LogP contribution in [0.3, 0.4) is 0 Å². The molecule has 0 spiro atoms. The highest BCUT2D eigenvalue weighted by Gasteiger charge is 2.28. The van der Waals surface area contributed by atoms with Crippen molar-refractivity contribution in [2.24, 2.45) is 0 Å². The molecule has 1 fully saturated rings. The van der Waals surface area contributed by atoms with Gasteiger partial charge in [-0.1, -0.05) is 13.3 Å². The van der Waals surface area contributed by atoms with Crippen molar-refractivity contribution >= 4 is 11.7 Å². The average Bonchev–Trinajstić information content (AvgIpc) is 2.88. The summed E-state index contributed by atoms with van der Waals surface area (Å²) < 4.78 is 1.81. The van der Waals surface area contributed by atoms with Crippen LogP contribution in [0.5, 0.6) is 0 Å². The first-order valence-electron chi connectivity index (χ1n) is 7.84. The van der Waals surface area contributed by atoms with E-state index in [2.05, 4.69) is 29.2 Å². The molecular weight excluding hydrogens is 268 g/mol. The van der Waals surface area contributed by atoms with Gasteiger partial charge >= 0.3 is 0 Å². The van der Waals surface area contributed by atoms with Crippen LogP contribution < -0.4 is 5.32 Å². The topological polar surface area (TPSA) is 70.4 Å². The van der Waals surface area contributed by atoms with Crippen LogP contribution in [-0.4, -0.2) is 50.9 Å². The molecule has 2 unspecified atom stereocenters. The lowest BCUT2D eigenvalue weighted by Crippen LogP contribution is -2.50. The molecule has 0 aromatic carbocycles. The lowest BCUT2D eigenvalue weighted by Gasteiger charge is -2.39. The number of likely N-dealkylation sites (tertiary alicyclic amines) is 1. The molecule has 1 aliphatic rings. The summed E-state index contributed by atoms with van der Waals surface area (Å²) in [5.74, 6) is 0.701. The molecular formula is C15H26N4O2. The Morgan fingerprint density at radius 2 is 2.33 bits per heavy atom. The molecule has 0 aliphatic carbocycles. The Morgan fingerprint density at radius 1 is 1.52 bits per heavy atom.